The summed E-state index contributed by atoms with van der Waals surface area (Å²) < 4.78 is 24.0. The molecule has 150 valence electrons. The molecule has 8 nitrogen and oxygen atoms in total. The van der Waals surface area contributed by atoms with Gasteiger partial charge >= 0.3 is 0 Å². The van der Waals surface area contributed by atoms with E-state index in [2.05, 4.69) is 20.7 Å². The van der Waals surface area contributed by atoms with Crippen LogP contribution in [0.2, 0.25) is 0 Å². The van der Waals surface area contributed by atoms with Gasteiger partial charge in [0.1, 0.15) is 17.4 Å². The van der Waals surface area contributed by atoms with E-state index in [4.69, 9.17) is 15.2 Å². The summed E-state index contributed by atoms with van der Waals surface area (Å²) in [6, 6.07) is 11.3. The van der Waals surface area contributed by atoms with E-state index in [0.717, 1.165) is 16.9 Å². The summed E-state index contributed by atoms with van der Waals surface area (Å²) in [7, 11) is 1.52. The number of hydrogen-bond donors (Lipinski definition) is 2. The lowest BCUT2D eigenvalue weighted by atomic mass is 10.2. The van der Waals surface area contributed by atoms with Crippen molar-refractivity contribution in [3.05, 3.63) is 64.4 Å². The molecule has 0 saturated heterocycles. The zero-order valence-electron chi connectivity index (χ0n) is 15.5. The molecule has 3 aromatic rings. The third-order valence-corrected chi connectivity index (χ3v) is 4.44. The molecular formula is C19H18FN5O3S. The van der Waals surface area contributed by atoms with E-state index in [9.17, 15) is 9.18 Å². The van der Waals surface area contributed by atoms with Crippen molar-refractivity contribution < 1.29 is 18.7 Å². The Morgan fingerprint density at radius 3 is 2.72 bits per heavy atom. The first-order chi connectivity index (χ1) is 14.0. The number of halogens is 1. The van der Waals surface area contributed by atoms with Gasteiger partial charge in [0, 0.05) is 0 Å². The molecule has 0 spiro atoms. The van der Waals surface area contributed by atoms with Gasteiger partial charge in [-0.25, -0.2) is 9.82 Å². The first kappa shape index (κ1) is 20.2. The minimum absolute atomic E-state index is 0.0473. The third-order valence-electron chi connectivity index (χ3n) is 3.69. The average Bonchev–Trinajstić information content (AvgIpc) is 3.12. The highest BCUT2D eigenvalue weighted by molar-refractivity contribution is 7.15. The number of hydrazone groups is 1. The molecule has 1 heterocycles. The van der Waals surface area contributed by atoms with Crippen molar-refractivity contribution in [1.82, 2.24) is 15.6 Å². The number of benzene rings is 2. The van der Waals surface area contributed by atoms with Crippen LogP contribution in [-0.2, 0) is 17.8 Å². The molecule has 0 aliphatic rings. The molecule has 3 N–H and O–H groups in total. The van der Waals surface area contributed by atoms with Crippen molar-refractivity contribution in [2.24, 2.45) is 5.10 Å². The molecule has 2 aromatic carbocycles. The number of nitrogens with one attached hydrogen (secondary N) is 1. The number of aromatic nitrogens is 2. The van der Waals surface area contributed by atoms with Crippen LogP contribution in [0.25, 0.3) is 0 Å². The van der Waals surface area contributed by atoms with Gasteiger partial charge in [-0.05, 0) is 41.5 Å². The second-order valence-electron chi connectivity index (χ2n) is 5.83. The van der Waals surface area contributed by atoms with E-state index in [-0.39, 0.29) is 24.8 Å². The Labute approximate surface area is 170 Å². The van der Waals surface area contributed by atoms with Crippen molar-refractivity contribution in [3.8, 4) is 11.5 Å². The van der Waals surface area contributed by atoms with E-state index in [1.54, 1.807) is 30.3 Å². The molecule has 10 heteroatoms. The molecule has 0 fully saturated rings. The number of nitrogen functional groups attached to an aromatic ring is 1. The first-order valence-electron chi connectivity index (χ1n) is 8.48. The third kappa shape index (κ3) is 5.98. The van der Waals surface area contributed by atoms with Crippen LogP contribution in [0.5, 0.6) is 11.5 Å². The SMILES string of the molecule is COc1cc(/C=N/NC(=O)Cc2nnc(N)s2)ccc1OCc1ccc(F)cc1. The number of ether oxygens (including phenoxy) is 2. The predicted octanol–water partition coefficient (Wildman–Crippen LogP) is 2.54. The summed E-state index contributed by atoms with van der Waals surface area (Å²) in [6.45, 7) is 0.274. The van der Waals surface area contributed by atoms with Gasteiger partial charge in [0.05, 0.1) is 19.7 Å². The minimum atomic E-state index is -0.330. The maximum atomic E-state index is 13.0. The van der Waals surface area contributed by atoms with E-state index < -0.39 is 0 Å². The second kappa shape index (κ2) is 9.60. The number of methoxy groups -OCH3 is 1. The standard InChI is InChI=1S/C19H18FN5O3S/c1-27-16-8-13(10-22-23-17(26)9-18-24-25-19(21)29-18)4-7-15(16)28-11-12-2-5-14(20)6-3-12/h2-8,10H,9,11H2,1H3,(H2,21,25)(H,23,26)/b22-10+. The Kier molecular flexibility index (Phi) is 6.69. The summed E-state index contributed by atoms with van der Waals surface area (Å²) >= 11 is 1.15. The zero-order valence-corrected chi connectivity index (χ0v) is 16.3. The largest absolute Gasteiger partial charge is 0.493 e. The van der Waals surface area contributed by atoms with Gasteiger partial charge in [-0.1, -0.05) is 23.5 Å². The highest BCUT2D eigenvalue weighted by Crippen LogP contribution is 2.28. The Morgan fingerprint density at radius 2 is 2.03 bits per heavy atom. The number of rotatable bonds is 8. The summed E-state index contributed by atoms with van der Waals surface area (Å²) in [5, 5.41) is 12.2. The normalized spacial score (nSPS) is 10.8. The molecule has 0 aliphatic carbocycles. The maximum absolute atomic E-state index is 13.0. The van der Waals surface area contributed by atoms with E-state index >= 15 is 0 Å². The van der Waals surface area contributed by atoms with E-state index in [1.807, 2.05) is 0 Å². The monoisotopic (exact) mass is 415 g/mol. The maximum Gasteiger partial charge on any atom is 0.247 e. The second-order valence-corrected chi connectivity index (χ2v) is 6.92. The van der Waals surface area contributed by atoms with Gasteiger partial charge in [0.25, 0.3) is 0 Å². The van der Waals surface area contributed by atoms with Crippen LogP contribution in [0, 0.1) is 5.82 Å². The fraction of sp³-hybridized carbons (Fsp3) is 0.158. The van der Waals surface area contributed by atoms with Crippen molar-refractivity contribution in [3.63, 3.8) is 0 Å². The zero-order chi connectivity index (χ0) is 20.6. The van der Waals surface area contributed by atoms with Crippen LogP contribution in [0.4, 0.5) is 9.52 Å². The number of amides is 1. The highest BCUT2D eigenvalue weighted by Gasteiger charge is 2.08. The highest BCUT2D eigenvalue weighted by atomic mass is 32.1. The molecule has 0 bridgehead atoms. The van der Waals surface area contributed by atoms with Crippen molar-refractivity contribution in [2.75, 3.05) is 12.8 Å². The number of anilines is 1. The molecule has 0 aliphatic heterocycles. The van der Waals surface area contributed by atoms with Crippen molar-refractivity contribution in [1.29, 1.82) is 0 Å². The fourth-order valence-corrected chi connectivity index (χ4v) is 2.93. The summed E-state index contributed by atoms with van der Waals surface area (Å²) in [5.41, 5.74) is 9.43. The van der Waals surface area contributed by atoms with Gasteiger partial charge in [-0.15, -0.1) is 10.2 Å². The molecule has 0 radical (unpaired) electrons. The topological polar surface area (TPSA) is 112 Å². The average molecular weight is 415 g/mol. The first-order valence-corrected chi connectivity index (χ1v) is 9.30. The van der Waals surface area contributed by atoms with Gasteiger partial charge in [-0.2, -0.15) is 5.10 Å². The lowest BCUT2D eigenvalue weighted by molar-refractivity contribution is -0.120. The lowest BCUT2D eigenvalue weighted by Crippen LogP contribution is -2.19. The molecule has 29 heavy (non-hydrogen) atoms. The van der Waals surface area contributed by atoms with Crippen LogP contribution < -0.4 is 20.6 Å². The molecular weight excluding hydrogens is 397 g/mol. The lowest BCUT2D eigenvalue weighted by Gasteiger charge is -2.11. The van der Waals surface area contributed by atoms with Gasteiger partial charge < -0.3 is 15.2 Å². The summed E-state index contributed by atoms with van der Waals surface area (Å²) in [6.07, 6.45) is 1.53. The Morgan fingerprint density at radius 1 is 1.24 bits per heavy atom. The van der Waals surface area contributed by atoms with Crippen LogP contribution in [-0.4, -0.2) is 29.4 Å². The van der Waals surface area contributed by atoms with Crippen molar-refractivity contribution in [2.45, 2.75) is 13.0 Å². The van der Waals surface area contributed by atoms with E-state index in [0.29, 0.717) is 27.2 Å². The molecule has 0 atom stereocenters. The quantitative estimate of drug-likeness (QED) is 0.432. The smallest absolute Gasteiger partial charge is 0.247 e. The minimum Gasteiger partial charge on any atom is -0.493 e. The molecule has 3 rings (SSSR count). The Hall–Kier alpha value is -3.53. The number of hydrogen-bond acceptors (Lipinski definition) is 8. The summed E-state index contributed by atoms with van der Waals surface area (Å²) in [4.78, 5) is 11.8. The Balaban J connectivity index is 1.56. The number of carbonyl (C=O) groups is 1. The molecule has 0 saturated carbocycles. The molecule has 0 unspecified atom stereocenters. The fourth-order valence-electron chi connectivity index (χ4n) is 2.32. The van der Waals surface area contributed by atoms with E-state index in [1.165, 1.54) is 25.5 Å². The van der Waals surface area contributed by atoms with Crippen LogP contribution >= 0.6 is 11.3 Å². The molecule has 1 aromatic heterocycles. The number of nitrogens with two attached hydrogens (primary N) is 1. The van der Waals surface area contributed by atoms with Gasteiger partial charge in [-0.3, -0.25) is 4.79 Å². The van der Waals surface area contributed by atoms with Gasteiger partial charge in [0.15, 0.2) is 11.5 Å². The van der Waals surface area contributed by atoms with Gasteiger partial charge in [0.2, 0.25) is 11.0 Å². The van der Waals surface area contributed by atoms with Crippen LogP contribution in [0.3, 0.4) is 0 Å². The van der Waals surface area contributed by atoms with Crippen molar-refractivity contribution >= 4 is 28.6 Å². The summed E-state index contributed by atoms with van der Waals surface area (Å²) in [5.74, 6) is 0.414. The Bertz CT molecular complexity index is 1010. The molecule has 1 amide bonds. The van der Waals surface area contributed by atoms with Crippen LogP contribution in [0.15, 0.2) is 47.6 Å². The number of nitrogens with zero attached hydrogens (tertiary/aromatic N) is 3. The van der Waals surface area contributed by atoms with Crippen LogP contribution in [0.1, 0.15) is 16.1 Å². The number of carbonyl (C=O) groups excluding carboxylic acids is 1. The predicted molar refractivity (Wildman–Crippen MR) is 107 cm³/mol.